The highest BCUT2D eigenvalue weighted by molar-refractivity contribution is 5.76. The molecule has 1 aliphatic heterocycles. The third kappa shape index (κ3) is 4.32. The van der Waals surface area contributed by atoms with Crippen LogP contribution in [0.5, 0.6) is 5.75 Å². The van der Waals surface area contributed by atoms with Gasteiger partial charge in [-0.2, -0.15) is 0 Å². The number of nitrogens with zero attached hydrogens (tertiary/aromatic N) is 3. The van der Waals surface area contributed by atoms with Gasteiger partial charge in [-0.05, 0) is 19.4 Å². The molecule has 1 aromatic heterocycles. The fourth-order valence-corrected chi connectivity index (χ4v) is 2.39. The van der Waals surface area contributed by atoms with Gasteiger partial charge in [-0.25, -0.2) is 4.98 Å². The number of anilines is 1. The van der Waals surface area contributed by atoms with Crippen LogP contribution in [-0.2, 0) is 4.79 Å². The summed E-state index contributed by atoms with van der Waals surface area (Å²) in [6.45, 7) is 4.99. The number of ether oxygens (including phenoxy) is 1. The van der Waals surface area contributed by atoms with Crippen molar-refractivity contribution in [3.63, 3.8) is 0 Å². The second-order valence-electron chi connectivity index (χ2n) is 5.44. The molecule has 0 saturated carbocycles. The van der Waals surface area contributed by atoms with E-state index >= 15 is 0 Å². The maximum Gasteiger partial charge on any atom is 0.222 e. The summed E-state index contributed by atoms with van der Waals surface area (Å²) >= 11 is 0. The summed E-state index contributed by atoms with van der Waals surface area (Å²) < 4.78 is 5.22. The number of hydrogen-bond donors (Lipinski definition) is 1. The molecular weight excluding hydrogens is 268 g/mol. The zero-order valence-corrected chi connectivity index (χ0v) is 12.8. The van der Waals surface area contributed by atoms with Gasteiger partial charge in [0.2, 0.25) is 5.91 Å². The molecule has 116 valence electrons. The number of methoxy groups -OCH3 is 1. The van der Waals surface area contributed by atoms with E-state index in [0.29, 0.717) is 6.42 Å². The normalized spacial score (nSPS) is 16.7. The van der Waals surface area contributed by atoms with Crippen LogP contribution in [0.4, 0.5) is 5.82 Å². The Kier molecular flexibility index (Phi) is 5.38. The summed E-state index contributed by atoms with van der Waals surface area (Å²) in [4.78, 5) is 20.5. The van der Waals surface area contributed by atoms with E-state index in [1.54, 1.807) is 13.3 Å². The lowest BCUT2D eigenvalue weighted by Gasteiger charge is -2.35. The number of nitrogens with two attached hydrogens (primary N) is 1. The zero-order valence-electron chi connectivity index (χ0n) is 12.8. The largest absolute Gasteiger partial charge is 0.497 e. The van der Waals surface area contributed by atoms with E-state index in [-0.39, 0.29) is 11.9 Å². The van der Waals surface area contributed by atoms with Crippen LogP contribution in [0.25, 0.3) is 0 Å². The molecular formula is C15H24N4O2. The minimum Gasteiger partial charge on any atom is -0.497 e. The molecule has 1 aromatic rings. The topological polar surface area (TPSA) is 71.7 Å². The van der Waals surface area contributed by atoms with Gasteiger partial charge in [-0.3, -0.25) is 4.79 Å². The van der Waals surface area contributed by atoms with Crippen molar-refractivity contribution in [2.45, 2.75) is 25.8 Å². The highest BCUT2D eigenvalue weighted by atomic mass is 16.5. The number of aromatic nitrogens is 1. The van der Waals surface area contributed by atoms with E-state index in [4.69, 9.17) is 10.5 Å². The van der Waals surface area contributed by atoms with Gasteiger partial charge in [0.15, 0.2) is 0 Å². The smallest absolute Gasteiger partial charge is 0.222 e. The van der Waals surface area contributed by atoms with Crippen molar-refractivity contribution in [3.05, 3.63) is 18.3 Å². The minimum absolute atomic E-state index is 0.0798. The van der Waals surface area contributed by atoms with Gasteiger partial charge in [0.05, 0.1) is 7.11 Å². The van der Waals surface area contributed by atoms with Crippen LogP contribution in [0.1, 0.15) is 19.8 Å². The van der Waals surface area contributed by atoms with Crippen LogP contribution in [0, 0.1) is 0 Å². The molecule has 1 fully saturated rings. The van der Waals surface area contributed by atoms with Gasteiger partial charge in [0.25, 0.3) is 0 Å². The van der Waals surface area contributed by atoms with Gasteiger partial charge in [-0.15, -0.1) is 0 Å². The molecule has 1 aliphatic rings. The predicted molar refractivity (Wildman–Crippen MR) is 82.5 cm³/mol. The average Bonchev–Trinajstić information content (AvgIpc) is 2.52. The SMILES string of the molecule is COc1ccnc(N2CCN(C(=O)CCC(C)N)CC2)c1. The lowest BCUT2D eigenvalue weighted by Crippen LogP contribution is -2.49. The molecule has 2 heterocycles. The quantitative estimate of drug-likeness (QED) is 0.872. The highest BCUT2D eigenvalue weighted by Gasteiger charge is 2.21. The molecule has 0 aliphatic carbocycles. The maximum absolute atomic E-state index is 12.1. The summed E-state index contributed by atoms with van der Waals surface area (Å²) in [6.07, 6.45) is 3.03. The van der Waals surface area contributed by atoms with E-state index in [0.717, 1.165) is 44.2 Å². The van der Waals surface area contributed by atoms with Crippen LogP contribution in [-0.4, -0.2) is 55.1 Å². The maximum atomic E-state index is 12.1. The third-order valence-electron chi connectivity index (χ3n) is 3.72. The summed E-state index contributed by atoms with van der Waals surface area (Å²) in [7, 11) is 1.65. The molecule has 1 amide bonds. The van der Waals surface area contributed by atoms with Gasteiger partial charge < -0.3 is 20.3 Å². The number of amides is 1. The molecule has 6 heteroatoms. The standard InChI is InChI=1S/C15H24N4O2/c1-12(16)3-4-15(20)19-9-7-18(8-10-19)14-11-13(21-2)5-6-17-14/h5-6,11-12H,3-4,7-10,16H2,1-2H3. The fraction of sp³-hybridized carbons (Fsp3) is 0.600. The fourth-order valence-electron chi connectivity index (χ4n) is 2.39. The molecule has 0 radical (unpaired) electrons. The number of hydrogen-bond acceptors (Lipinski definition) is 5. The van der Waals surface area contributed by atoms with Gasteiger partial charge in [0.1, 0.15) is 11.6 Å². The number of piperazine rings is 1. The summed E-state index contributed by atoms with van der Waals surface area (Å²) in [6, 6.07) is 3.83. The molecule has 6 nitrogen and oxygen atoms in total. The van der Waals surface area contributed by atoms with Crippen molar-refractivity contribution in [2.75, 3.05) is 38.2 Å². The monoisotopic (exact) mass is 292 g/mol. The van der Waals surface area contributed by atoms with Crippen LogP contribution in [0.3, 0.4) is 0 Å². The van der Waals surface area contributed by atoms with Gasteiger partial charge >= 0.3 is 0 Å². The molecule has 2 N–H and O–H groups in total. The molecule has 2 rings (SSSR count). The first-order chi connectivity index (χ1) is 10.1. The Balaban J connectivity index is 1.86. The van der Waals surface area contributed by atoms with E-state index < -0.39 is 0 Å². The first kappa shape index (κ1) is 15.6. The Bertz CT molecular complexity index is 470. The molecule has 1 saturated heterocycles. The lowest BCUT2D eigenvalue weighted by atomic mass is 10.1. The van der Waals surface area contributed by atoms with Crippen LogP contribution < -0.4 is 15.4 Å². The highest BCUT2D eigenvalue weighted by Crippen LogP contribution is 2.19. The van der Waals surface area contributed by atoms with E-state index in [2.05, 4.69) is 9.88 Å². The minimum atomic E-state index is 0.0798. The Morgan fingerprint density at radius 1 is 1.43 bits per heavy atom. The van der Waals surface area contributed by atoms with E-state index in [1.807, 2.05) is 24.0 Å². The van der Waals surface area contributed by atoms with Crippen molar-refractivity contribution in [2.24, 2.45) is 5.73 Å². The molecule has 0 bridgehead atoms. The van der Waals surface area contributed by atoms with Crippen molar-refractivity contribution in [1.82, 2.24) is 9.88 Å². The van der Waals surface area contributed by atoms with Crippen molar-refractivity contribution < 1.29 is 9.53 Å². The summed E-state index contributed by atoms with van der Waals surface area (Å²) in [5.41, 5.74) is 5.70. The first-order valence-corrected chi connectivity index (χ1v) is 7.38. The second-order valence-corrected chi connectivity index (χ2v) is 5.44. The van der Waals surface area contributed by atoms with Crippen molar-refractivity contribution in [1.29, 1.82) is 0 Å². The Labute approximate surface area is 125 Å². The predicted octanol–water partition coefficient (Wildman–Crippen LogP) is 0.866. The Hall–Kier alpha value is -1.82. The first-order valence-electron chi connectivity index (χ1n) is 7.38. The van der Waals surface area contributed by atoms with Crippen LogP contribution >= 0.6 is 0 Å². The summed E-state index contributed by atoms with van der Waals surface area (Å²) in [5, 5.41) is 0. The number of carbonyl (C=O) groups excluding carboxylic acids is 1. The third-order valence-corrected chi connectivity index (χ3v) is 3.72. The van der Waals surface area contributed by atoms with Crippen molar-refractivity contribution >= 4 is 11.7 Å². The molecule has 0 spiro atoms. The van der Waals surface area contributed by atoms with Crippen LogP contribution in [0.2, 0.25) is 0 Å². The lowest BCUT2D eigenvalue weighted by molar-refractivity contribution is -0.131. The molecule has 21 heavy (non-hydrogen) atoms. The molecule has 1 unspecified atom stereocenters. The average molecular weight is 292 g/mol. The molecule has 1 atom stereocenters. The zero-order chi connectivity index (χ0) is 15.2. The summed E-state index contributed by atoms with van der Waals surface area (Å²) in [5.74, 6) is 1.90. The van der Waals surface area contributed by atoms with Gasteiger partial charge in [-0.1, -0.05) is 0 Å². The Morgan fingerprint density at radius 3 is 2.76 bits per heavy atom. The second kappa shape index (κ2) is 7.26. The van der Waals surface area contributed by atoms with E-state index in [9.17, 15) is 4.79 Å². The number of pyridine rings is 1. The van der Waals surface area contributed by atoms with E-state index in [1.165, 1.54) is 0 Å². The number of carbonyl (C=O) groups is 1. The Morgan fingerprint density at radius 2 is 2.14 bits per heavy atom. The van der Waals surface area contributed by atoms with Crippen LogP contribution in [0.15, 0.2) is 18.3 Å². The number of rotatable bonds is 5. The molecule has 0 aromatic carbocycles. The van der Waals surface area contributed by atoms with Gasteiger partial charge in [0, 0.05) is 50.9 Å². The van der Waals surface area contributed by atoms with Crippen molar-refractivity contribution in [3.8, 4) is 5.75 Å².